The molecule has 0 fully saturated rings. The second kappa shape index (κ2) is 3.06. The van der Waals surface area contributed by atoms with Gasteiger partial charge < -0.3 is 19.2 Å². The standard InChI is InChI=1S/H3O4P.Zr/c1-5(2,3)4;/h(H3,1,2,3,4);/q;+3/p-3. The molecule has 0 rings (SSSR count). The van der Waals surface area contributed by atoms with Crippen LogP contribution >= 0.6 is 7.82 Å². The molecule has 1 radical (unpaired) electrons. The first-order valence-corrected chi connectivity index (χ1v) is 2.19. The third-order valence-electron chi connectivity index (χ3n) is 0. The second-order valence-corrected chi connectivity index (χ2v) is 1.34. The molecule has 0 amide bonds. The molecule has 0 heterocycles. The quantitative estimate of drug-likeness (QED) is 0.382. The van der Waals surface area contributed by atoms with Crippen LogP contribution in [0, 0.1) is 0 Å². The zero-order chi connectivity index (χ0) is 4.50. The molecule has 6 heavy (non-hydrogen) atoms. The maximum Gasteiger partial charge on any atom is 3.00 e. The minimum Gasteiger partial charge on any atom is -0.822 e. The van der Waals surface area contributed by atoms with Crippen LogP contribution in [0.5, 0.6) is 0 Å². The van der Waals surface area contributed by atoms with Crippen LogP contribution < -0.4 is 14.7 Å². The molecule has 0 saturated heterocycles. The number of hydrogen-bond acceptors (Lipinski definition) is 4. The Labute approximate surface area is 53.6 Å². The van der Waals surface area contributed by atoms with E-state index in [1.807, 2.05) is 0 Å². The van der Waals surface area contributed by atoms with Gasteiger partial charge in [0.1, 0.15) is 0 Å². The van der Waals surface area contributed by atoms with Gasteiger partial charge in [-0.2, -0.15) is 7.82 Å². The van der Waals surface area contributed by atoms with Gasteiger partial charge in [-0.05, 0) is 0 Å². The normalized spacial score (nSPS) is 9.83. The summed E-state index contributed by atoms with van der Waals surface area (Å²) in [4.78, 5) is 25.6. The van der Waals surface area contributed by atoms with Gasteiger partial charge in [0.05, 0.1) is 0 Å². The van der Waals surface area contributed by atoms with Crippen LogP contribution in [0.4, 0.5) is 0 Å². The topological polar surface area (TPSA) is 86.2 Å². The molecular formula is O4PZr. The summed E-state index contributed by atoms with van der Waals surface area (Å²) in [6, 6.07) is 0. The van der Waals surface area contributed by atoms with E-state index in [1.165, 1.54) is 0 Å². The maximum absolute atomic E-state index is 8.55. The average Bonchev–Trinajstić information content (AvgIpc) is 0.722. The molecule has 0 aliphatic rings. The Kier molecular flexibility index (Phi) is 5.13. The van der Waals surface area contributed by atoms with Crippen molar-refractivity contribution in [1.29, 1.82) is 0 Å². The number of phosphoric acid groups is 1. The summed E-state index contributed by atoms with van der Waals surface area (Å²) in [5.41, 5.74) is 0. The van der Waals surface area contributed by atoms with Crippen molar-refractivity contribution in [1.82, 2.24) is 0 Å². The van der Waals surface area contributed by atoms with Gasteiger partial charge in [-0.1, -0.05) is 0 Å². The van der Waals surface area contributed by atoms with Gasteiger partial charge in [0, 0.05) is 0 Å². The fraction of sp³-hybridized carbons (Fsp3) is 0. The fourth-order valence-corrected chi connectivity index (χ4v) is 0. The van der Waals surface area contributed by atoms with Gasteiger partial charge in [-0.15, -0.1) is 0 Å². The Morgan fingerprint density at radius 3 is 1.17 bits per heavy atom. The molecule has 0 aromatic carbocycles. The third kappa shape index (κ3) is 80.7. The predicted molar refractivity (Wildman–Crippen MR) is 7.61 cm³/mol. The van der Waals surface area contributed by atoms with E-state index >= 15 is 0 Å². The summed E-state index contributed by atoms with van der Waals surface area (Å²) < 4.78 is 8.55. The van der Waals surface area contributed by atoms with E-state index in [-0.39, 0.29) is 26.2 Å². The van der Waals surface area contributed by atoms with Crippen LogP contribution in [0.1, 0.15) is 0 Å². The van der Waals surface area contributed by atoms with E-state index in [0.717, 1.165) is 0 Å². The van der Waals surface area contributed by atoms with Gasteiger partial charge in [0.2, 0.25) is 0 Å². The zero-order valence-electron chi connectivity index (χ0n) is 2.58. The van der Waals surface area contributed by atoms with Crippen LogP contribution in [-0.2, 0) is 30.8 Å². The molecule has 0 aliphatic heterocycles. The predicted octanol–water partition coefficient (Wildman–Crippen LogP) is -2.83. The molecule has 0 N–H and O–H groups in total. The summed E-state index contributed by atoms with van der Waals surface area (Å²) in [5.74, 6) is 0. The van der Waals surface area contributed by atoms with Crippen molar-refractivity contribution in [3.8, 4) is 0 Å². The van der Waals surface area contributed by atoms with E-state index in [1.54, 1.807) is 0 Å². The van der Waals surface area contributed by atoms with Crippen molar-refractivity contribution in [3.05, 3.63) is 0 Å². The molecule has 0 aromatic rings. The molecule has 4 nitrogen and oxygen atoms in total. The Morgan fingerprint density at radius 2 is 1.17 bits per heavy atom. The first-order chi connectivity index (χ1) is 2.00. The second-order valence-electron chi connectivity index (χ2n) is 0.447. The zero-order valence-corrected chi connectivity index (χ0v) is 5.93. The third-order valence-corrected chi connectivity index (χ3v) is 0. The van der Waals surface area contributed by atoms with E-state index in [2.05, 4.69) is 0 Å². The van der Waals surface area contributed by atoms with Crippen LogP contribution in [0.25, 0.3) is 0 Å². The Hall–Kier alpha value is 0.993. The van der Waals surface area contributed by atoms with Crippen LogP contribution in [0.15, 0.2) is 0 Å². The van der Waals surface area contributed by atoms with Crippen molar-refractivity contribution >= 4 is 7.82 Å². The minimum absolute atomic E-state index is 0. The van der Waals surface area contributed by atoms with Crippen molar-refractivity contribution in [2.75, 3.05) is 0 Å². The molecular weight excluding hydrogens is 186 g/mol. The molecule has 0 aliphatic carbocycles. The van der Waals surface area contributed by atoms with Crippen molar-refractivity contribution in [2.45, 2.75) is 0 Å². The number of hydrogen-bond donors (Lipinski definition) is 0. The van der Waals surface area contributed by atoms with Crippen molar-refractivity contribution < 1.29 is 45.4 Å². The Balaban J connectivity index is 0. The molecule has 33 valence electrons. The van der Waals surface area contributed by atoms with Crippen LogP contribution in [0.2, 0.25) is 0 Å². The molecule has 0 saturated carbocycles. The smallest absolute Gasteiger partial charge is 0.822 e. The monoisotopic (exact) mass is 185 g/mol. The van der Waals surface area contributed by atoms with Crippen molar-refractivity contribution in [3.63, 3.8) is 0 Å². The SMILES string of the molecule is O=P([O-])([O-])[O-].[Zr+3]. The molecule has 0 bridgehead atoms. The molecule has 0 spiro atoms. The first-order valence-electron chi connectivity index (χ1n) is 0.730. The fourth-order valence-electron chi connectivity index (χ4n) is 0. The largest absolute Gasteiger partial charge is 3.00 e. The molecule has 6 heteroatoms. The Morgan fingerprint density at radius 1 is 1.17 bits per heavy atom. The van der Waals surface area contributed by atoms with Gasteiger partial charge in [0.25, 0.3) is 0 Å². The van der Waals surface area contributed by atoms with E-state index in [0.29, 0.717) is 0 Å². The van der Waals surface area contributed by atoms with Gasteiger partial charge in [0.15, 0.2) is 0 Å². The van der Waals surface area contributed by atoms with Gasteiger partial charge in [-0.3, -0.25) is 0 Å². The van der Waals surface area contributed by atoms with E-state index < -0.39 is 7.82 Å². The van der Waals surface area contributed by atoms with E-state index in [4.69, 9.17) is 19.2 Å². The number of rotatable bonds is 0. The van der Waals surface area contributed by atoms with E-state index in [9.17, 15) is 0 Å². The maximum atomic E-state index is 8.55. The molecule has 0 atom stereocenters. The summed E-state index contributed by atoms with van der Waals surface area (Å²) in [6.07, 6.45) is 0. The summed E-state index contributed by atoms with van der Waals surface area (Å²) in [6.45, 7) is 0. The van der Waals surface area contributed by atoms with Crippen LogP contribution in [0.3, 0.4) is 0 Å². The first kappa shape index (κ1) is 10.1. The van der Waals surface area contributed by atoms with Crippen LogP contribution in [-0.4, -0.2) is 0 Å². The van der Waals surface area contributed by atoms with Gasteiger partial charge in [-0.25, -0.2) is 0 Å². The molecule has 0 aromatic heterocycles. The Bertz CT molecular complexity index is 53.7. The average molecular weight is 186 g/mol. The summed E-state index contributed by atoms with van der Waals surface area (Å²) in [5, 5.41) is 0. The van der Waals surface area contributed by atoms with Gasteiger partial charge >= 0.3 is 26.2 Å². The molecule has 0 unspecified atom stereocenters. The minimum atomic E-state index is -5.39. The summed E-state index contributed by atoms with van der Waals surface area (Å²) >= 11 is 0. The van der Waals surface area contributed by atoms with Crippen molar-refractivity contribution in [2.24, 2.45) is 0 Å². The summed E-state index contributed by atoms with van der Waals surface area (Å²) in [7, 11) is -5.39.